The van der Waals surface area contributed by atoms with Crippen LogP contribution in [0.3, 0.4) is 0 Å². The minimum atomic E-state index is 0.615. The van der Waals surface area contributed by atoms with Gasteiger partial charge in [-0.1, -0.05) is 6.92 Å². The largest absolute Gasteiger partial charge is 0.347 e. The standard InChI is InChI=1S/C16H28N4S/c1-4-14-15(10-17-12-7-8-12)21-16(18-14)20(3)13-6-5-9-19(2)11-13/h12-13,17H,4-11H2,1-3H3. The maximum absolute atomic E-state index is 4.91. The molecule has 5 heteroatoms. The van der Waals surface area contributed by atoms with E-state index in [0.29, 0.717) is 6.04 Å². The molecular weight excluding hydrogens is 280 g/mol. The van der Waals surface area contributed by atoms with Crippen LogP contribution in [0.5, 0.6) is 0 Å². The summed E-state index contributed by atoms with van der Waals surface area (Å²) in [6.07, 6.45) is 6.32. The van der Waals surface area contributed by atoms with Crippen LogP contribution >= 0.6 is 11.3 Å². The fraction of sp³-hybridized carbons (Fsp3) is 0.812. The first kappa shape index (κ1) is 15.3. The molecule has 0 aromatic carbocycles. The predicted octanol–water partition coefficient (Wildman–Crippen LogP) is 2.49. The number of aromatic nitrogens is 1. The van der Waals surface area contributed by atoms with Crippen LogP contribution in [0, 0.1) is 0 Å². The van der Waals surface area contributed by atoms with Crippen LogP contribution in [0.2, 0.25) is 0 Å². The highest BCUT2D eigenvalue weighted by atomic mass is 32.1. The molecule has 1 saturated carbocycles. The molecule has 21 heavy (non-hydrogen) atoms. The molecule has 3 rings (SSSR count). The van der Waals surface area contributed by atoms with Crippen molar-refractivity contribution in [1.82, 2.24) is 15.2 Å². The second-order valence-corrected chi connectivity index (χ2v) is 7.61. The normalized spacial score (nSPS) is 23.5. The van der Waals surface area contributed by atoms with E-state index in [1.165, 1.54) is 47.9 Å². The predicted molar refractivity (Wildman–Crippen MR) is 90.3 cm³/mol. The van der Waals surface area contributed by atoms with Gasteiger partial charge in [-0.05, 0) is 45.7 Å². The number of piperidine rings is 1. The number of aryl methyl sites for hydroxylation is 1. The first-order valence-electron chi connectivity index (χ1n) is 8.30. The highest BCUT2D eigenvalue weighted by Crippen LogP contribution is 2.30. The number of likely N-dealkylation sites (tertiary alicyclic amines) is 1. The van der Waals surface area contributed by atoms with Crippen LogP contribution in [0.4, 0.5) is 5.13 Å². The van der Waals surface area contributed by atoms with Crippen molar-refractivity contribution in [1.29, 1.82) is 0 Å². The Morgan fingerprint density at radius 1 is 1.38 bits per heavy atom. The molecule has 0 amide bonds. The van der Waals surface area contributed by atoms with Gasteiger partial charge in [0.05, 0.1) is 5.69 Å². The molecule has 2 fully saturated rings. The summed E-state index contributed by atoms with van der Waals surface area (Å²) in [6, 6.07) is 1.38. The lowest BCUT2D eigenvalue weighted by Crippen LogP contribution is -2.45. The Kier molecular flexibility index (Phi) is 4.82. The minimum absolute atomic E-state index is 0.615. The third-order valence-corrected chi connectivity index (χ3v) is 5.87. The zero-order chi connectivity index (χ0) is 14.8. The third-order valence-electron chi connectivity index (χ3n) is 4.68. The summed E-state index contributed by atoms with van der Waals surface area (Å²) in [5.41, 5.74) is 1.29. The highest BCUT2D eigenvalue weighted by molar-refractivity contribution is 7.15. The monoisotopic (exact) mass is 308 g/mol. The van der Waals surface area contributed by atoms with Gasteiger partial charge < -0.3 is 15.1 Å². The minimum Gasteiger partial charge on any atom is -0.347 e. The van der Waals surface area contributed by atoms with E-state index in [1.807, 2.05) is 11.3 Å². The number of rotatable bonds is 6. The first-order chi connectivity index (χ1) is 10.2. The van der Waals surface area contributed by atoms with Gasteiger partial charge in [0.25, 0.3) is 0 Å². The van der Waals surface area contributed by atoms with E-state index < -0.39 is 0 Å². The fourth-order valence-electron chi connectivity index (χ4n) is 3.07. The van der Waals surface area contributed by atoms with Gasteiger partial charge in [-0.15, -0.1) is 11.3 Å². The Balaban J connectivity index is 1.68. The van der Waals surface area contributed by atoms with E-state index in [-0.39, 0.29) is 0 Å². The maximum Gasteiger partial charge on any atom is 0.185 e. The third kappa shape index (κ3) is 3.76. The first-order valence-corrected chi connectivity index (χ1v) is 9.12. The Labute approximate surface area is 132 Å². The second kappa shape index (κ2) is 6.63. The Hall–Kier alpha value is -0.650. The smallest absolute Gasteiger partial charge is 0.185 e. The molecule has 1 atom stereocenters. The molecule has 1 aromatic heterocycles. The Morgan fingerprint density at radius 2 is 2.19 bits per heavy atom. The number of nitrogens with one attached hydrogen (secondary N) is 1. The Bertz CT molecular complexity index is 469. The van der Waals surface area contributed by atoms with Gasteiger partial charge in [-0.25, -0.2) is 4.98 Å². The topological polar surface area (TPSA) is 31.4 Å². The van der Waals surface area contributed by atoms with Crippen LogP contribution < -0.4 is 10.2 Å². The molecule has 0 spiro atoms. The lowest BCUT2D eigenvalue weighted by molar-refractivity contribution is 0.248. The van der Waals surface area contributed by atoms with E-state index in [4.69, 9.17) is 4.98 Å². The second-order valence-electron chi connectivity index (χ2n) is 6.54. The SMILES string of the molecule is CCc1nc(N(C)C2CCCN(C)C2)sc1CNC1CC1. The highest BCUT2D eigenvalue weighted by Gasteiger charge is 2.25. The van der Waals surface area contributed by atoms with E-state index in [1.54, 1.807) is 0 Å². The summed E-state index contributed by atoms with van der Waals surface area (Å²) in [5, 5.41) is 4.84. The number of hydrogen-bond acceptors (Lipinski definition) is 5. The van der Waals surface area contributed by atoms with Crippen LogP contribution in [-0.4, -0.2) is 49.2 Å². The van der Waals surface area contributed by atoms with Crippen molar-refractivity contribution in [2.24, 2.45) is 0 Å². The van der Waals surface area contributed by atoms with Crippen molar-refractivity contribution in [3.63, 3.8) is 0 Å². The van der Waals surface area contributed by atoms with Gasteiger partial charge in [-0.3, -0.25) is 0 Å². The number of hydrogen-bond donors (Lipinski definition) is 1. The molecule has 0 radical (unpaired) electrons. The van der Waals surface area contributed by atoms with E-state index in [0.717, 1.165) is 25.6 Å². The van der Waals surface area contributed by atoms with E-state index in [9.17, 15) is 0 Å². The summed E-state index contributed by atoms with van der Waals surface area (Å²) >= 11 is 1.89. The number of likely N-dealkylation sites (N-methyl/N-ethyl adjacent to an activating group) is 2. The maximum atomic E-state index is 4.91. The average molecular weight is 308 g/mol. The van der Waals surface area contributed by atoms with Gasteiger partial charge in [0.1, 0.15) is 0 Å². The summed E-state index contributed by atoms with van der Waals surface area (Å²) in [7, 11) is 4.45. The molecule has 118 valence electrons. The fourth-order valence-corrected chi connectivity index (χ4v) is 4.20. The number of anilines is 1. The summed E-state index contributed by atoms with van der Waals surface area (Å²) in [6.45, 7) is 5.62. The van der Waals surface area contributed by atoms with Crippen molar-refractivity contribution in [3.05, 3.63) is 10.6 Å². The quantitative estimate of drug-likeness (QED) is 0.875. The Morgan fingerprint density at radius 3 is 2.86 bits per heavy atom. The molecule has 4 nitrogen and oxygen atoms in total. The molecule has 2 aliphatic rings. The molecule has 1 unspecified atom stereocenters. The van der Waals surface area contributed by atoms with E-state index >= 15 is 0 Å². The van der Waals surface area contributed by atoms with Crippen molar-refractivity contribution < 1.29 is 0 Å². The van der Waals surface area contributed by atoms with Crippen molar-refractivity contribution >= 4 is 16.5 Å². The van der Waals surface area contributed by atoms with Gasteiger partial charge >= 0.3 is 0 Å². The van der Waals surface area contributed by atoms with Crippen molar-refractivity contribution in [2.45, 2.75) is 57.7 Å². The average Bonchev–Trinajstić information content (AvgIpc) is 3.23. The van der Waals surface area contributed by atoms with Crippen LogP contribution in [0.15, 0.2) is 0 Å². The summed E-state index contributed by atoms with van der Waals surface area (Å²) in [5.74, 6) is 0. The molecule has 1 saturated heterocycles. The lowest BCUT2D eigenvalue weighted by Gasteiger charge is -2.35. The molecule has 2 heterocycles. The van der Waals surface area contributed by atoms with Crippen molar-refractivity contribution in [2.75, 3.05) is 32.1 Å². The summed E-state index contributed by atoms with van der Waals surface area (Å²) < 4.78 is 0. The zero-order valence-electron chi connectivity index (χ0n) is 13.6. The molecule has 1 N–H and O–H groups in total. The number of nitrogens with zero attached hydrogens (tertiary/aromatic N) is 3. The zero-order valence-corrected chi connectivity index (χ0v) is 14.4. The van der Waals surface area contributed by atoms with Crippen LogP contribution in [-0.2, 0) is 13.0 Å². The molecule has 1 aromatic rings. The van der Waals surface area contributed by atoms with Crippen LogP contribution in [0.25, 0.3) is 0 Å². The van der Waals surface area contributed by atoms with E-state index in [2.05, 4.69) is 36.1 Å². The molecule has 1 aliphatic heterocycles. The van der Waals surface area contributed by atoms with Gasteiger partial charge in [0.2, 0.25) is 0 Å². The lowest BCUT2D eigenvalue weighted by atomic mass is 10.1. The summed E-state index contributed by atoms with van der Waals surface area (Å²) in [4.78, 5) is 11.2. The molecule has 1 aliphatic carbocycles. The molecular formula is C16H28N4S. The van der Waals surface area contributed by atoms with Gasteiger partial charge in [0, 0.05) is 37.1 Å². The number of thiazole rings is 1. The van der Waals surface area contributed by atoms with Gasteiger partial charge in [0.15, 0.2) is 5.13 Å². The van der Waals surface area contributed by atoms with Gasteiger partial charge in [-0.2, -0.15) is 0 Å². The molecule has 0 bridgehead atoms. The van der Waals surface area contributed by atoms with Crippen LogP contribution in [0.1, 0.15) is 43.2 Å². The van der Waals surface area contributed by atoms with Crippen molar-refractivity contribution in [3.8, 4) is 0 Å².